The van der Waals surface area contributed by atoms with Gasteiger partial charge in [-0.15, -0.1) is 0 Å². The van der Waals surface area contributed by atoms with E-state index in [1.165, 1.54) is 0 Å². The van der Waals surface area contributed by atoms with Crippen molar-refractivity contribution in [2.24, 2.45) is 5.92 Å². The van der Waals surface area contributed by atoms with Gasteiger partial charge in [-0.25, -0.2) is 8.42 Å². The number of carbonyl (C=O) groups is 1. The first kappa shape index (κ1) is 21.3. The van der Waals surface area contributed by atoms with Gasteiger partial charge in [0, 0.05) is 12.6 Å². The number of nitrogens with one attached hydrogen (secondary N) is 1. The number of hydrogen-bond acceptors (Lipinski definition) is 5. The molecule has 0 aliphatic carbocycles. The summed E-state index contributed by atoms with van der Waals surface area (Å²) < 4.78 is 36.6. The molecule has 1 N–H and O–H groups in total. The monoisotopic (exact) mass is 398 g/mol. The molecule has 1 aromatic carbocycles. The number of anilines is 1. The van der Waals surface area contributed by atoms with Crippen molar-refractivity contribution in [3.05, 3.63) is 18.2 Å². The maximum atomic E-state index is 12.4. The Balaban J connectivity index is 2.06. The van der Waals surface area contributed by atoms with Crippen molar-refractivity contribution in [2.45, 2.75) is 39.5 Å². The molecule has 152 valence electrons. The minimum atomic E-state index is -3.62. The highest BCUT2D eigenvalue weighted by atomic mass is 32.2. The maximum absolute atomic E-state index is 12.4. The Morgan fingerprint density at radius 2 is 1.93 bits per heavy atom. The summed E-state index contributed by atoms with van der Waals surface area (Å²) in [6.45, 7) is 5.41. The quantitative estimate of drug-likeness (QED) is 0.655. The lowest BCUT2D eigenvalue weighted by molar-refractivity contribution is -0.119. The Kier molecular flexibility index (Phi) is 7.77. The number of fused-ring (bicyclic) bond motifs is 1. The van der Waals surface area contributed by atoms with Crippen LogP contribution in [0.25, 0.3) is 0 Å². The average Bonchev–Trinajstić information content (AvgIpc) is 2.65. The van der Waals surface area contributed by atoms with Crippen LogP contribution in [-0.2, 0) is 14.8 Å². The second-order valence-electron chi connectivity index (χ2n) is 6.82. The fraction of sp³-hybridized carbons (Fsp3) is 0.632. The highest BCUT2D eigenvalue weighted by Gasteiger charge is 2.23. The van der Waals surface area contributed by atoms with E-state index in [4.69, 9.17) is 9.47 Å². The molecular formula is C19H30N2O5S. The molecule has 2 rings (SSSR count). The van der Waals surface area contributed by atoms with Crippen LogP contribution in [0.1, 0.15) is 39.5 Å². The third-order valence-electron chi connectivity index (χ3n) is 4.63. The van der Waals surface area contributed by atoms with Crippen LogP contribution >= 0.6 is 0 Å². The Bertz CT molecular complexity index is 736. The van der Waals surface area contributed by atoms with Gasteiger partial charge in [0.2, 0.25) is 15.9 Å². The van der Waals surface area contributed by atoms with E-state index in [2.05, 4.69) is 19.2 Å². The molecule has 1 aliphatic heterocycles. The lowest BCUT2D eigenvalue weighted by Gasteiger charge is -2.25. The van der Waals surface area contributed by atoms with Crippen LogP contribution in [0.2, 0.25) is 0 Å². The number of amides is 1. The summed E-state index contributed by atoms with van der Waals surface area (Å²) in [6, 6.07) is 4.88. The van der Waals surface area contributed by atoms with Gasteiger partial charge in [0.1, 0.15) is 19.8 Å². The minimum absolute atomic E-state index is 0.261. The molecule has 0 bridgehead atoms. The number of carbonyl (C=O) groups excluding carboxylic acids is 1. The van der Waals surface area contributed by atoms with Gasteiger partial charge in [0.05, 0.1) is 11.9 Å². The van der Waals surface area contributed by atoms with E-state index in [1.54, 1.807) is 18.2 Å². The number of sulfonamides is 1. The van der Waals surface area contributed by atoms with Gasteiger partial charge in [-0.3, -0.25) is 9.10 Å². The summed E-state index contributed by atoms with van der Waals surface area (Å²) in [4.78, 5) is 12.4. The SMILES string of the molecule is CCCCC(CC)CNC(=O)CN(c1ccc2c(c1)OCCO2)S(C)(=O)=O. The van der Waals surface area contributed by atoms with Crippen LogP contribution in [0.5, 0.6) is 11.5 Å². The first-order valence-electron chi connectivity index (χ1n) is 9.49. The van der Waals surface area contributed by atoms with Gasteiger partial charge in [-0.05, 0) is 24.5 Å². The van der Waals surface area contributed by atoms with Crippen LogP contribution in [0, 0.1) is 5.92 Å². The van der Waals surface area contributed by atoms with E-state index < -0.39 is 10.0 Å². The zero-order valence-corrected chi connectivity index (χ0v) is 17.2. The van der Waals surface area contributed by atoms with Gasteiger partial charge < -0.3 is 14.8 Å². The van der Waals surface area contributed by atoms with Crippen LogP contribution in [0.4, 0.5) is 5.69 Å². The van der Waals surface area contributed by atoms with Crippen molar-refractivity contribution in [1.29, 1.82) is 0 Å². The fourth-order valence-electron chi connectivity index (χ4n) is 2.98. The summed E-state index contributed by atoms with van der Waals surface area (Å²) in [6.07, 6.45) is 5.38. The number of rotatable bonds is 10. The number of benzene rings is 1. The van der Waals surface area contributed by atoms with Crippen molar-refractivity contribution >= 4 is 21.6 Å². The predicted molar refractivity (Wildman–Crippen MR) is 106 cm³/mol. The summed E-state index contributed by atoms with van der Waals surface area (Å²) in [5, 5.41) is 2.88. The molecule has 0 fully saturated rings. The molecular weight excluding hydrogens is 368 g/mol. The van der Waals surface area contributed by atoms with Crippen molar-refractivity contribution in [2.75, 3.05) is 36.9 Å². The highest BCUT2D eigenvalue weighted by Crippen LogP contribution is 2.34. The molecule has 1 aromatic rings. The molecule has 0 aromatic heterocycles. The Labute approximate surface area is 162 Å². The van der Waals surface area contributed by atoms with Crippen LogP contribution < -0.4 is 19.1 Å². The molecule has 7 nitrogen and oxygen atoms in total. The lowest BCUT2D eigenvalue weighted by Crippen LogP contribution is -2.41. The Morgan fingerprint density at radius 3 is 2.56 bits per heavy atom. The zero-order valence-electron chi connectivity index (χ0n) is 16.4. The number of ether oxygens (including phenoxy) is 2. The fourth-order valence-corrected chi connectivity index (χ4v) is 3.82. The first-order valence-corrected chi connectivity index (χ1v) is 11.3. The number of nitrogens with zero attached hydrogens (tertiary/aromatic N) is 1. The zero-order chi connectivity index (χ0) is 19.9. The molecule has 0 saturated heterocycles. The Morgan fingerprint density at radius 1 is 1.22 bits per heavy atom. The van der Waals surface area contributed by atoms with Crippen molar-refractivity contribution < 1.29 is 22.7 Å². The summed E-state index contributed by atoms with van der Waals surface area (Å²) in [5.41, 5.74) is 0.384. The van der Waals surface area contributed by atoms with Crippen LogP contribution in [0.15, 0.2) is 18.2 Å². The van der Waals surface area contributed by atoms with E-state index in [9.17, 15) is 13.2 Å². The maximum Gasteiger partial charge on any atom is 0.240 e. The highest BCUT2D eigenvalue weighted by molar-refractivity contribution is 7.92. The van der Waals surface area contributed by atoms with Gasteiger partial charge in [0.15, 0.2) is 11.5 Å². The van der Waals surface area contributed by atoms with Crippen LogP contribution in [0.3, 0.4) is 0 Å². The molecule has 1 heterocycles. The molecule has 0 spiro atoms. The molecule has 27 heavy (non-hydrogen) atoms. The van der Waals surface area contributed by atoms with E-state index in [0.717, 1.165) is 36.2 Å². The molecule has 1 unspecified atom stereocenters. The van der Waals surface area contributed by atoms with Gasteiger partial charge in [0.25, 0.3) is 0 Å². The van der Waals surface area contributed by atoms with Crippen molar-refractivity contribution in [3.8, 4) is 11.5 Å². The van der Waals surface area contributed by atoms with Gasteiger partial charge in [-0.2, -0.15) is 0 Å². The lowest BCUT2D eigenvalue weighted by atomic mass is 9.99. The van der Waals surface area contributed by atoms with E-state index in [1.807, 2.05) is 0 Å². The summed E-state index contributed by atoms with van der Waals surface area (Å²) in [7, 11) is -3.62. The second-order valence-corrected chi connectivity index (χ2v) is 8.72. The smallest absolute Gasteiger partial charge is 0.240 e. The van der Waals surface area contributed by atoms with Gasteiger partial charge in [-0.1, -0.05) is 33.1 Å². The largest absolute Gasteiger partial charge is 0.486 e. The summed E-state index contributed by atoms with van der Waals surface area (Å²) in [5.74, 6) is 1.16. The number of hydrogen-bond donors (Lipinski definition) is 1. The second kappa shape index (κ2) is 9.82. The molecule has 1 aliphatic rings. The normalized spacial score (nSPS) is 14.5. The van der Waals surface area contributed by atoms with E-state index in [-0.39, 0.29) is 12.5 Å². The molecule has 8 heteroatoms. The third-order valence-corrected chi connectivity index (χ3v) is 5.77. The molecule has 1 atom stereocenters. The minimum Gasteiger partial charge on any atom is -0.486 e. The average molecular weight is 399 g/mol. The van der Waals surface area contributed by atoms with E-state index in [0.29, 0.717) is 42.9 Å². The number of unbranched alkanes of at least 4 members (excludes halogenated alkanes) is 1. The molecule has 0 radical (unpaired) electrons. The first-order chi connectivity index (χ1) is 12.8. The van der Waals surface area contributed by atoms with E-state index >= 15 is 0 Å². The van der Waals surface area contributed by atoms with Crippen molar-refractivity contribution in [3.63, 3.8) is 0 Å². The van der Waals surface area contributed by atoms with Crippen molar-refractivity contribution in [1.82, 2.24) is 5.32 Å². The third kappa shape index (κ3) is 6.30. The predicted octanol–water partition coefficient (Wildman–Crippen LogP) is 2.56. The standard InChI is InChI=1S/C19H30N2O5S/c1-4-6-7-15(5-2)13-20-19(22)14-21(27(3,23)24)16-8-9-17-18(12-16)26-11-10-25-17/h8-9,12,15H,4-7,10-11,13-14H2,1-3H3,(H,20,22). The topological polar surface area (TPSA) is 84.9 Å². The Hall–Kier alpha value is -1.96. The summed E-state index contributed by atoms with van der Waals surface area (Å²) >= 11 is 0. The van der Waals surface area contributed by atoms with Gasteiger partial charge >= 0.3 is 0 Å². The molecule has 0 saturated carbocycles. The van der Waals surface area contributed by atoms with Crippen LogP contribution in [-0.4, -0.2) is 46.9 Å². The molecule has 1 amide bonds.